The van der Waals surface area contributed by atoms with E-state index in [9.17, 15) is 8.78 Å². The monoisotopic (exact) mass is 463 g/mol. The highest BCUT2D eigenvalue weighted by Gasteiger charge is 2.19. The molecule has 0 spiro atoms. The van der Waals surface area contributed by atoms with Crippen molar-refractivity contribution in [3.05, 3.63) is 47.3 Å². The predicted molar refractivity (Wildman–Crippen MR) is 134 cm³/mol. The van der Waals surface area contributed by atoms with Gasteiger partial charge >= 0.3 is 0 Å². The normalized spacial score (nSPS) is 16.8. The summed E-state index contributed by atoms with van der Waals surface area (Å²) in [6.45, 7) is 9.39. The molecule has 0 radical (unpaired) electrons. The molecule has 1 saturated heterocycles. The number of halogens is 2. The molecule has 1 atom stereocenters. The molecule has 184 valence electrons. The molecule has 9 heteroatoms. The van der Waals surface area contributed by atoms with Crippen LogP contribution < -0.4 is 27.1 Å². The number of rotatable bonds is 14. The van der Waals surface area contributed by atoms with Crippen molar-refractivity contribution in [3.63, 3.8) is 0 Å². The van der Waals surface area contributed by atoms with Crippen LogP contribution in [-0.4, -0.2) is 57.7 Å². The maximum atomic E-state index is 13.9. The standard InChI is InChI=1S/C24H39F2N7/c1-5-6-18-11-21(19(13-27)14-28-3)22(24(25)26)12-23(18)31-16-33(29-4)10-8-17(2)32-20-7-9-30-15-20/h11-14,20,24,29-32H,2,5-10,15-16,27H2,1,3-4H3/b19-13+,28-14?. The number of aryl methyl sites for hydroxylation is 1. The molecule has 7 nitrogen and oxygen atoms in total. The van der Waals surface area contributed by atoms with E-state index in [4.69, 9.17) is 5.73 Å². The molecule has 1 aromatic rings. The van der Waals surface area contributed by atoms with Gasteiger partial charge in [-0.3, -0.25) is 10.4 Å². The Hall–Kier alpha value is -2.49. The van der Waals surface area contributed by atoms with E-state index in [1.807, 2.05) is 12.1 Å². The second-order valence-electron chi connectivity index (χ2n) is 8.17. The van der Waals surface area contributed by atoms with Crippen molar-refractivity contribution in [2.75, 3.05) is 45.7 Å². The Labute approximate surface area is 196 Å². The lowest BCUT2D eigenvalue weighted by Gasteiger charge is -2.25. The fourth-order valence-corrected chi connectivity index (χ4v) is 3.93. The Morgan fingerprint density at radius 3 is 2.79 bits per heavy atom. The number of nitrogens with one attached hydrogen (secondary N) is 4. The van der Waals surface area contributed by atoms with Gasteiger partial charge in [-0.2, -0.15) is 0 Å². The topological polar surface area (TPSA) is 89.7 Å². The van der Waals surface area contributed by atoms with Crippen LogP contribution in [0.3, 0.4) is 0 Å². The van der Waals surface area contributed by atoms with Crippen LogP contribution >= 0.6 is 0 Å². The minimum Gasteiger partial charge on any atom is -0.404 e. The maximum absolute atomic E-state index is 13.9. The van der Waals surface area contributed by atoms with Crippen LogP contribution in [-0.2, 0) is 6.42 Å². The molecule has 1 aromatic carbocycles. The molecule has 2 rings (SSSR count). The summed E-state index contributed by atoms with van der Waals surface area (Å²) >= 11 is 0. The first-order valence-electron chi connectivity index (χ1n) is 11.5. The van der Waals surface area contributed by atoms with Gasteiger partial charge < -0.3 is 21.7 Å². The Morgan fingerprint density at radius 1 is 1.42 bits per heavy atom. The summed E-state index contributed by atoms with van der Waals surface area (Å²) in [6.07, 6.45) is 3.74. The first-order chi connectivity index (χ1) is 15.9. The number of aliphatic imine (C=N–C) groups is 1. The van der Waals surface area contributed by atoms with Gasteiger partial charge in [0.1, 0.15) is 0 Å². The average Bonchev–Trinajstić information content (AvgIpc) is 3.31. The highest BCUT2D eigenvalue weighted by atomic mass is 19.3. The lowest BCUT2D eigenvalue weighted by Crippen LogP contribution is -2.41. The van der Waals surface area contributed by atoms with E-state index >= 15 is 0 Å². The summed E-state index contributed by atoms with van der Waals surface area (Å²) in [6, 6.07) is 3.78. The molecule has 0 saturated carbocycles. The lowest BCUT2D eigenvalue weighted by atomic mass is 9.95. The lowest BCUT2D eigenvalue weighted by molar-refractivity contribution is 0.151. The smallest absolute Gasteiger partial charge is 0.264 e. The van der Waals surface area contributed by atoms with Gasteiger partial charge in [-0.05, 0) is 49.7 Å². The number of anilines is 1. The number of alkyl halides is 2. The quantitative estimate of drug-likeness (QED) is 0.165. The molecule has 1 aliphatic rings. The SMILES string of the molecule is C=C(CCN(CNc1cc(C(F)F)c(/C(C=NC)=C/N)cc1CCC)NC)NC1CCNC1. The van der Waals surface area contributed by atoms with E-state index < -0.39 is 6.43 Å². The number of hydrazine groups is 1. The van der Waals surface area contributed by atoms with Gasteiger partial charge in [0.05, 0.1) is 6.67 Å². The maximum Gasteiger partial charge on any atom is 0.264 e. The van der Waals surface area contributed by atoms with Crippen molar-refractivity contribution in [3.8, 4) is 0 Å². The zero-order valence-electron chi connectivity index (χ0n) is 20.1. The summed E-state index contributed by atoms with van der Waals surface area (Å²) in [5.74, 6) is 0. The van der Waals surface area contributed by atoms with Crippen molar-refractivity contribution in [2.45, 2.75) is 45.1 Å². The van der Waals surface area contributed by atoms with Crippen LogP contribution in [0.4, 0.5) is 14.5 Å². The minimum atomic E-state index is -2.63. The molecular weight excluding hydrogens is 424 g/mol. The molecule has 0 bridgehead atoms. The number of hydrogen-bond acceptors (Lipinski definition) is 7. The fraction of sp³-hybridized carbons (Fsp3) is 0.542. The molecule has 1 aliphatic heterocycles. The minimum absolute atomic E-state index is 0.0623. The Morgan fingerprint density at radius 2 is 2.21 bits per heavy atom. The summed E-state index contributed by atoms with van der Waals surface area (Å²) in [5.41, 5.74) is 12.4. The first kappa shape index (κ1) is 26.8. The molecule has 33 heavy (non-hydrogen) atoms. The zero-order valence-corrected chi connectivity index (χ0v) is 20.1. The van der Waals surface area contributed by atoms with Gasteiger partial charge in [-0.15, -0.1) is 0 Å². The molecule has 0 aromatic heterocycles. The van der Waals surface area contributed by atoms with Gasteiger partial charge in [-0.1, -0.05) is 19.9 Å². The highest BCUT2D eigenvalue weighted by Crippen LogP contribution is 2.33. The first-order valence-corrected chi connectivity index (χ1v) is 11.5. The van der Waals surface area contributed by atoms with Crippen molar-refractivity contribution >= 4 is 17.5 Å². The van der Waals surface area contributed by atoms with Crippen molar-refractivity contribution < 1.29 is 8.78 Å². The number of allylic oxidation sites excluding steroid dienone is 1. The van der Waals surface area contributed by atoms with Crippen molar-refractivity contribution in [1.82, 2.24) is 21.1 Å². The van der Waals surface area contributed by atoms with Gasteiger partial charge in [-0.25, -0.2) is 13.8 Å². The summed E-state index contributed by atoms with van der Waals surface area (Å²) < 4.78 is 27.8. The molecule has 0 amide bonds. The highest BCUT2D eigenvalue weighted by molar-refractivity contribution is 6.10. The van der Waals surface area contributed by atoms with Crippen LogP contribution in [0, 0.1) is 0 Å². The van der Waals surface area contributed by atoms with E-state index in [1.165, 1.54) is 12.4 Å². The Balaban J connectivity index is 2.11. The number of benzene rings is 1. The molecular formula is C24H39F2N7. The second kappa shape index (κ2) is 13.9. The van der Waals surface area contributed by atoms with E-state index in [1.54, 1.807) is 19.2 Å². The summed E-state index contributed by atoms with van der Waals surface area (Å²) in [7, 11) is 3.44. The number of hydrogen-bond donors (Lipinski definition) is 5. The molecule has 1 unspecified atom stereocenters. The van der Waals surface area contributed by atoms with Gasteiger partial charge in [0.2, 0.25) is 0 Å². The average molecular weight is 464 g/mol. The summed E-state index contributed by atoms with van der Waals surface area (Å²) in [5, 5.41) is 12.1. The van der Waals surface area contributed by atoms with Crippen molar-refractivity contribution in [1.29, 1.82) is 0 Å². The third-order valence-electron chi connectivity index (χ3n) is 5.72. The molecule has 6 N–H and O–H groups in total. The number of nitrogens with zero attached hydrogens (tertiary/aromatic N) is 2. The van der Waals surface area contributed by atoms with Crippen LogP contribution in [0.1, 0.15) is 49.3 Å². The second-order valence-corrected chi connectivity index (χ2v) is 8.17. The van der Waals surface area contributed by atoms with Crippen LogP contribution in [0.2, 0.25) is 0 Å². The molecule has 0 aliphatic carbocycles. The van der Waals surface area contributed by atoms with Crippen LogP contribution in [0.5, 0.6) is 0 Å². The fourth-order valence-electron chi connectivity index (χ4n) is 3.93. The largest absolute Gasteiger partial charge is 0.404 e. The van der Waals surface area contributed by atoms with Gasteiger partial charge in [0, 0.05) is 67.5 Å². The Bertz CT molecular complexity index is 817. The predicted octanol–water partition coefficient (Wildman–Crippen LogP) is 3.24. The van der Waals surface area contributed by atoms with Crippen molar-refractivity contribution in [2.24, 2.45) is 10.7 Å². The third kappa shape index (κ3) is 8.10. The van der Waals surface area contributed by atoms with Crippen LogP contribution in [0.15, 0.2) is 35.6 Å². The zero-order chi connectivity index (χ0) is 24.2. The molecule has 1 fully saturated rings. The molecule has 1 heterocycles. The Kier molecular flexibility index (Phi) is 11.3. The van der Waals surface area contributed by atoms with E-state index in [2.05, 4.69) is 39.9 Å². The third-order valence-corrected chi connectivity index (χ3v) is 5.72. The van der Waals surface area contributed by atoms with Crippen LogP contribution in [0.25, 0.3) is 5.57 Å². The van der Waals surface area contributed by atoms with Gasteiger partial charge in [0.15, 0.2) is 0 Å². The van der Waals surface area contributed by atoms with E-state index in [-0.39, 0.29) is 5.56 Å². The summed E-state index contributed by atoms with van der Waals surface area (Å²) in [4.78, 5) is 3.95. The van der Waals surface area contributed by atoms with E-state index in [0.717, 1.165) is 56.6 Å². The number of nitrogens with two attached hydrogens (primary N) is 1. The van der Waals surface area contributed by atoms with E-state index in [0.29, 0.717) is 29.5 Å². The van der Waals surface area contributed by atoms with Gasteiger partial charge in [0.25, 0.3) is 6.43 Å².